The molecule has 1 aliphatic heterocycles. The topological polar surface area (TPSA) is 68.6 Å². The number of methoxy groups -OCH3 is 2. The lowest BCUT2D eigenvalue weighted by Gasteiger charge is -2.49. The fraction of sp³-hybridized carbons (Fsp3) is 0.304. The number of hydrogen-bond acceptors (Lipinski definition) is 5. The molecule has 30 heavy (non-hydrogen) atoms. The van der Waals surface area contributed by atoms with Gasteiger partial charge in [-0.15, -0.1) is 0 Å². The molecule has 1 fully saturated rings. The van der Waals surface area contributed by atoms with Crippen LogP contribution in [0.3, 0.4) is 0 Å². The number of anilines is 1. The maximum atomic E-state index is 13.1. The van der Waals surface area contributed by atoms with E-state index in [1.54, 1.807) is 44.9 Å². The summed E-state index contributed by atoms with van der Waals surface area (Å²) in [6.07, 6.45) is 6.25. The maximum absolute atomic E-state index is 13.1. The van der Waals surface area contributed by atoms with Crippen molar-refractivity contribution in [2.24, 2.45) is 0 Å². The van der Waals surface area contributed by atoms with Crippen LogP contribution in [-0.4, -0.2) is 46.7 Å². The molecule has 1 aromatic heterocycles. The second kappa shape index (κ2) is 8.20. The summed E-state index contributed by atoms with van der Waals surface area (Å²) >= 11 is 0. The van der Waals surface area contributed by atoms with E-state index in [9.17, 15) is 4.79 Å². The minimum atomic E-state index is -0.572. The largest absolute Gasteiger partial charge is 0.497 e. The summed E-state index contributed by atoms with van der Waals surface area (Å²) in [6, 6.07) is 13.7. The number of aromatic nitrogens is 2. The van der Waals surface area contributed by atoms with E-state index in [-0.39, 0.29) is 5.91 Å². The summed E-state index contributed by atoms with van der Waals surface area (Å²) in [5.41, 5.74) is 2.26. The van der Waals surface area contributed by atoms with Crippen molar-refractivity contribution in [3.63, 3.8) is 0 Å². The monoisotopic (exact) mass is 406 g/mol. The first kappa shape index (κ1) is 20.0. The molecule has 1 saturated heterocycles. The van der Waals surface area contributed by atoms with Crippen molar-refractivity contribution in [2.75, 3.05) is 26.1 Å². The second-order valence-corrected chi connectivity index (χ2v) is 7.60. The average molecular weight is 406 g/mol. The van der Waals surface area contributed by atoms with Crippen molar-refractivity contribution < 1.29 is 14.3 Å². The zero-order chi connectivity index (χ0) is 21.1. The van der Waals surface area contributed by atoms with Gasteiger partial charge in [-0.05, 0) is 43.2 Å². The van der Waals surface area contributed by atoms with Gasteiger partial charge in [0.05, 0.1) is 31.8 Å². The van der Waals surface area contributed by atoms with Crippen LogP contribution in [0.2, 0.25) is 0 Å². The Hall–Kier alpha value is -3.32. The SMILES string of the molecule is COc1ccc(OC)c(NC(=O)C2(C)CCN2Cc2ccc(-n3ccnc3)cc2)c1. The third kappa shape index (κ3) is 3.76. The highest BCUT2D eigenvalue weighted by atomic mass is 16.5. The zero-order valence-corrected chi connectivity index (χ0v) is 17.5. The minimum Gasteiger partial charge on any atom is -0.497 e. The molecular weight excluding hydrogens is 380 g/mol. The Labute approximate surface area is 176 Å². The highest BCUT2D eigenvalue weighted by molar-refractivity contribution is 5.99. The summed E-state index contributed by atoms with van der Waals surface area (Å²) in [4.78, 5) is 19.4. The van der Waals surface area contributed by atoms with Gasteiger partial charge in [0.25, 0.3) is 0 Å². The van der Waals surface area contributed by atoms with Gasteiger partial charge in [0.2, 0.25) is 5.91 Å². The highest BCUT2D eigenvalue weighted by Gasteiger charge is 2.46. The Morgan fingerprint density at radius 2 is 1.97 bits per heavy atom. The fourth-order valence-electron chi connectivity index (χ4n) is 3.69. The number of carbonyl (C=O) groups excluding carboxylic acids is 1. The molecule has 0 bridgehead atoms. The van der Waals surface area contributed by atoms with Gasteiger partial charge in [0, 0.05) is 37.2 Å². The molecule has 7 heteroatoms. The van der Waals surface area contributed by atoms with Gasteiger partial charge >= 0.3 is 0 Å². The molecule has 0 aliphatic carbocycles. The summed E-state index contributed by atoms with van der Waals surface area (Å²) in [7, 11) is 3.18. The van der Waals surface area contributed by atoms with Gasteiger partial charge in [-0.2, -0.15) is 0 Å². The smallest absolute Gasteiger partial charge is 0.244 e. The third-order valence-electron chi connectivity index (χ3n) is 5.82. The van der Waals surface area contributed by atoms with Crippen molar-refractivity contribution in [3.8, 4) is 17.2 Å². The van der Waals surface area contributed by atoms with Crippen LogP contribution in [0.15, 0.2) is 61.2 Å². The van der Waals surface area contributed by atoms with E-state index in [2.05, 4.69) is 39.5 Å². The molecule has 2 heterocycles. The lowest BCUT2D eigenvalue weighted by atomic mass is 9.85. The minimum absolute atomic E-state index is 0.0460. The molecule has 2 aromatic carbocycles. The predicted octanol–water partition coefficient (Wildman–Crippen LogP) is 3.49. The van der Waals surface area contributed by atoms with Crippen molar-refractivity contribution in [1.82, 2.24) is 14.5 Å². The first-order chi connectivity index (χ1) is 14.5. The van der Waals surface area contributed by atoms with Crippen LogP contribution in [0, 0.1) is 0 Å². The van der Waals surface area contributed by atoms with E-state index in [1.165, 1.54) is 0 Å². The molecule has 156 valence electrons. The van der Waals surface area contributed by atoms with Gasteiger partial charge in [0.15, 0.2) is 0 Å². The van der Waals surface area contributed by atoms with E-state index >= 15 is 0 Å². The van der Waals surface area contributed by atoms with Gasteiger partial charge in [-0.3, -0.25) is 9.69 Å². The Kier molecular flexibility index (Phi) is 5.46. The van der Waals surface area contributed by atoms with Gasteiger partial charge in [-0.1, -0.05) is 12.1 Å². The van der Waals surface area contributed by atoms with Gasteiger partial charge < -0.3 is 19.4 Å². The summed E-state index contributed by atoms with van der Waals surface area (Å²) in [6.45, 7) is 3.57. The van der Waals surface area contributed by atoms with Crippen LogP contribution in [0.25, 0.3) is 5.69 Å². The van der Waals surface area contributed by atoms with Crippen LogP contribution >= 0.6 is 0 Å². The number of nitrogens with one attached hydrogen (secondary N) is 1. The number of carbonyl (C=O) groups is 1. The number of likely N-dealkylation sites (tertiary alicyclic amines) is 1. The quantitative estimate of drug-likeness (QED) is 0.651. The normalized spacial score (nSPS) is 18.5. The molecule has 1 aliphatic rings. The molecule has 3 aromatic rings. The molecule has 1 atom stereocenters. The summed E-state index contributed by atoms with van der Waals surface area (Å²) in [5, 5.41) is 3.03. The number of hydrogen-bond donors (Lipinski definition) is 1. The van der Waals surface area contributed by atoms with E-state index in [0.717, 1.165) is 24.2 Å². The van der Waals surface area contributed by atoms with Crippen molar-refractivity contribution in [1.29, 1.82) is 0 Å². The number of rotatable bonds is 7. The molecule has 1 N–H and O–H groups in total. The van der Waals surface area contributed by atoms with Crippen molar-refractivity contribution >= 4 is 11.6 Å². The Bertz CT molecular complexity index is 1020. The lowest BCUT2D eigenvalue weighted by molar-refractivity contribution is -0.136. The van der Waals surface area contributed by atoms with Gasteiger partial charge in [0.1, 0.15) is 11.5 Å². The first-order valence-electron chi connectivity index (χ1n) is 9.89. The summed E-state index contributed by atoms with van der Waals surface area (Å²) in [5.74, 6) is 1.23. The molecule has 4 rings (SSSR count). The number of ether oxygens (including phenoxy) is 2. The Morgan fingerprint density at radius 3 is 2.57 bits per heavy atom. The molecular formula is C23H26N4O3. The lowest BCUT2D eigenvalue weighted by Crippen LogP contribution is -2.63. The maximum Gasteiger partial charge on any atom is 0.244 e. The standard InChI is InChI=1S/C23H26N4O3/c1-23(22(28)25-20-14-19(29-2)8-9-21(20)30-3)10-12-27(23)15-17-4-6-18(7-5-17)26-13-11-24-16-26/h4-9,11,13-14,16H,10,12,15H2,1-3H3,(H,25,28). The zero-order valence-electron chi connectivity index (χ0n) is 17.5. The van der Waals surface area contributed by atoms with Crippen LogP contribution < -0.4 is 14.8 Å². The van der Waals surface area contributed by atoms with Crippen molar-refractivity contribution in [2.45, 2.75) is 25.4 Å². The number of imidazole rings is 1. The molecule has 0 spiro atoms. The highest BCUT2D eigenvalue weighted by Crippen LogP contribution is 2.35. The van der Waals surface area contributed by atoms with E-state index in [4.69, 9.17) is 9.47 Å². The predicted molar refractivity (Wildman–Crippen MR) is 115 cm³/mol. The molecule has 7 nitrogen and oxygen atoms in total. The fourth-order valence-corrected chi connectivity index (χ4v) is 3.69. The number of nitrogens with zero attached hydrogens (tertiary/aromatic N) is 3. The van der Waals surface area contributed by atoms with Crippen LogP contribution in [0.5, 0.6) is 11.5 Å². The number of amides is 1. The summed E-state index contributed by atoms with van der Waals surface area (Å²) < 4.78 is 12.6. The van der Waals surface area contributed by atoms with E-state index in [1.807, 2.05) is 17.7 Å². The van der Waals surface area contributed by atoms with Crippen molar-refractivity contribution in [3.05, 3.63) is 66.7 Å². The van der Waals surface area contributed by atoms with E-state index in [0.29, 0.717) is 23.7 Å². The first-order valence-corrected chi connectivity index (χ1v) is 9.89. The third-order valence-corrected chi connectivity index (χ3v) is 5.82. The van der Waals surface area contributed by atoms with Crippen LogP contribution in [0.1, 0.15) is 18.9 Å². The average Bonchev–Trinajstić information content (AvgIpc) is 3.31. The molecule has 0 saturated carbocycles. The Morgan fingerprint density at radius 1 is 1.17 bits per heavy atom. The molecule has 1 unspecified atom stereocenters. The second-order valence-electron chi connectivity index (χ2n) is 7.60. The Balaban J connectivity index is 1.45. The number of benzene rings is 2. The van der Waals surface area contributed by atoms with Gasteiger partial charge in [-0.25, -0.2) is 4.98 Å². The molecule has 1 amide bonds. The molecule has 0 radical (unpaired) electrons. The van der Waals surface area contributed by atoms with Crippen LogP contribution in [-0.2, 0) is 11.3 Å². The van der Waals surface area contributed by atoms with Crippen LogP contribution in [0.4, 0.5) is 5.69 Å². The van der Waals surface area contributed by atoms with E-state index < -0.39 is 5.54 Å².